The Bertz CT molecular complexity index is 417. The van der Waals surface area contributed by atoms with Crippen LogP contribution in [0.3, 0.4) is 0 Å². The number of carboxylic acids is 1. The van der Waals surface area contributed by atoms with Gasteiger partial charge in [0.25, 0.3) is 0 Å². The molecule has 0 radical (unpaired) electrons. The lowest BCUT2D eigenvalue weighted by molar-refractivity contribution is 0.0697. The topological polar surface area (TPSA) is 91.7 Å². The number of benzene rings is 1. The van der Waals surface area contributed by atoms with Crippen molar-refractivity contribution in [1.82, 2.24) is 0 Å². The summed E-state index contributed by atoms with van der Waals surface area (Å²) in [6, 6.07) is 6.02. The fourth-order valence-corrected chi connectivity index (χ4v) is 0.718. The molecule has 0 saturated carbocycles. The highest BCUT2D eigenvalue weighted by Crippen LogP contribution is 2.08. The minimum Gasteiger partial charge on any atom is -0.478 e. The molecule has 15 heavy (non-hydrogen) atoms. The standard InChI is InChI=1S/C7H5ClO2.ClHO3S/c8-6-3-1-5(2-4-6)7(9)10;1-5(2,3)4/h1-4H,(H,9,10);(H,2,3,4). The lowest BCUT2D eigenvalue weighted by atomic mass is 10.2. The van der Waals surface area contributed by atoms with Crippen LogP contribution in [0.4, 0.5) is 0 Å². The number of carbonyl (C=O) groups is 1. The van der Waals surface area contributed by atoms with E-state index in [4.69, 9.17) is 29.7 Å². The fourth-order valence-electron chi connectivity index (χ4n) is 0.592. The van der Waals surface area contributed by atoms with Crippen LogP contribution in [-0.2, 0) is 9.33 Å². The lowest BCUT2D eigenvalue weighted by Gasteiger charge is -1.91. The van der Waals surface area contributed by atoms with Gasteiger partial charge < -0.3 is 5.11 Å². The van der Waals surface area contributed by atoms with Crippen molar-refractivity contribution in [2.45, 2.75) is 0 Å². The van der Waals surface area contributed by atoms with E-state index in [0.717, 1.165) is 0 Å². The summed E-state index contributed by atoms with van der Waals surface area (Å²) in [5.74, 6) is -0.934. The van der Waals surface area contributed by atoms with Crippen LogP contribution in [0.2, 0.25) is 5.02 Å². The Morgan fingerprint density at radius 1 is 1.20 bits per heavy atom. The van der Waals surface area contributed by atoms with Crippen molar-refractivity contribution >= 4 is 37.6 Å². The van der Waals surface area contributed by atoms with E-state index in [1.54, 1.807) is 12.1 Å². The fraction of sp³-hybridized carbons (Fsp3) is 0. The van der Waals surface area contributed by atoms with Gasteiger partial charge in [0.2, 0.25) is 0 Å². The zero-order valence-corrected chi connectivity index (χ0v) is 9.42. The maximum Gasteiger partial charge on any atom is 0.353 e. The Kier molecular flexibility index (Phi) is 5.59. The van der Waals surface area contributed by atoms with Crippen LogP contribution in [0.5, 0.6) is 0 Å². The second kappa shape index (κ2) is 5.92. The first-order valence-corrected chi connectivity index (χ1v) is 6.00. The molecule has 0 saturated heterocycles. The molecule has 0 aliphatic heterocycles. The second-order valence-corrected chi connectivity index (χ2v) is 4.65. The van der Waals surface area contributed by atoms with E-state index in [-0.39, 0.29) is 5.56 Å². The van der Waals surface area contributed by atoms with Gasteiger partial charge in [-0.25, -0.2) is 4.79 Å². The molecule has 0 amide bonds. The van der Waals surface area contributed by atoms with Crippen molar-refractivity contribution in [3.05, 3.63) is 34.9 Å². The van der Waals surface area contributed by atoms with Gasteiger partial charge in [-0.3, -0.25) is 4.55 Å². The molecule has 1 aromatic carbocycles. The van der Waals surface area contributed by atoms with Gasteiger partial charge in [0, 0.05) is 15.7 Å². The zero-order chi connectivity index (χ0) is 12.1. The molecular formula is C7H6Cl2O5S. The van der Waals surface area contributed by atoms with E-state index in [0.29, 0.717) is 5.02 Å². The number of carboxylic acid groups (broad SMARTS) is 1. The highest BCUT2D eigenvalue weighted by Gasteiger charge is 1.99. The predicted octanol–water partition coefficient (Wildman–Crippen LogP) is 2.07. The number of hydrogen-bond donors (Lipinski definition) is 2. The van der Waals surface area contributed by atoms with Gasteiger partial charge in [0.05, 0.1) is 5.56 Å². The van der Waals surface area contributed by atoms with Gasteiger partial charge in [0.1, 0.15) is 0 Å². The van der Waals surface area contributed by atoms with Gasteiger partial charge in [-0.05, 0) is 24.3 Å². The Morgan fingerprint density at radius 3 is 1.80 bits per heavy atom. The highest BCUT2D eigenvalue weighted by molar-refractivity contribution is 8.09. The molecule has 0 aliphatic carbocycles. The summed E-state index contributed by atoms with van der Waals surface area (Å²) in [5.41, 5.74) is 0.254. The first kappa shape index (κ1) is 14.2. The molecule has 84 valence electrons. The summed E-state index contributed by atoms with van der Waals surface area (Å²) in [5, 5.41) is 8.98. The third kappa shape index (κ3) is 9.48. The molecule has 2 N–H and O–H groups in total. The number of hydrogen-bond acceptors (Lipinski definition) is 3. The van der Waals surface area contributed by atoms with E-state index < -0.39 is 15.3 Å². The van der Waals surface area contributed by atoms with Crippen molar-refractivity contribution in [3.63, 3.8) is 0 Å². The Morgan fingerprint density at radius 2 is 1.53 bits per heavy atom. The highest BCUT2D eigenvalue weighted by atomic mass is 35.7. The molecule has 0 unspecified atom stereocenters. The minimum atomic E-state index is -4.19. The van der Waals surface area contributed by atoms with E-state index >= 15 is 0 Å². The SMILES string of the molecule is O=C(O)c1ccc(Cl)cc1.O=S(=O)(O)Cl. The van der Waals surface area contributed by atoms with Crippen LogP contribution in [0.25, 0.3) is 0 Å². The molecule has 0 fully saturated rings. The first-order chi connectivity index (χ1) is 6.70. The van der Waals surface area contributed by atoms with E-state index in [1.807, 2.05) is 0 Å². The predicted molar refractivity (Wildman–Crippen MR) is 55.8 cm³/mol. The second-order valence-electron chi connectivity index (χ2n) is 2.22. The summed E-state index contributed by atoms with van der Waals surface area (Å²) >= 11 is 5.52. The molecular weight excluding hydrogens is 267 g/mol. The van der Waals surface area contributed by atoms with Gasteiger partial charge in [-0.1, -0.05) is 11.6 Å². The molecule has 8 heteroatoms. The summed E-state index contributed by atoms with van der Waals surface area (Å²) < 4.78 is 25.2. The number of rotatable bonds is 1. The summed E-state index contributed by atoms with van der Waals surface area (Å²) in [7, 11) is -0.137. The average molecular weight is 273 g/mol. The summed E-state index contributed by atoms with van der Waals surface area (Å²) in [4.78, 5) is 10.3. The average Bonchev–Trinajstić information content (AvgIpc) is 2.01. The molecule has 0 aliphatic rings. The van der Waals surface area contributed by atoms with Gasteiger partial charge >= 0.3 is 15.3 Å². The Labute approximate surface area is 95.5 Å². The van der Waals surface area contributed by atoms with Crippen LogP contribution in [0, 0.1) is 0 Å². The monoisotopic (exact) mass is 272 g/mol. The molecule has 0 heterocycles. The van der Waals surface area contributed by atoms with Crippen molar-refractivity contribution in [1.29, 1.82) is 0 Å². The molecule has 0 spiro atoms. The molecule has 1 rings (SSSR count). The van der Waals surface area contributed by atoms with Gasteiger partial charge in [-0.2, -0.15) is 8.42 Å². The third-order valence-corrected chi connectivity index (χ3v) is 1.34. The maximum absolute atomic E-state index is 10.3. The molecule has 0 bridgehead atoms. The first-order valence-electron chi connectivity index (χ1n) is 3.36. The molecule has 0 aromatic heterocycles. The van der Waals surface area contributed by atoms with E-state index in [2.05, 4.69) is 10.7 Å². The van der Waals surface area contributed by atoms with Crippen molar-refractivity contribution in [2.75, 3.05) is 0 Å². The van der Waals surface area contributed by atoms with Crippen LogP contribution in [0.15, 0.2) is 24.3 Å². The number of halogens is 2. The maximum atomic E-state index is 10.3. The summed E-state index contributed by atoms with van der Waals surface area (Å²) in [6.07, 6.45) is 0. The molecule has 1 aromatic rings. The minimum absolute atomic E-state index is 0.254. The van der Waals surface area contributed by atoms with Crippen molar-refractivity contribution in [2.24, 2.45) is 0 Å². The third-order valence-electron chi connectivity index (χ3n) is 1.09. The Hall–Kier alpha value is -0.820. The van der Waals surface area contributed by atoms with Crippen LogP contribution in [-0.4, -0.2) is 24.0 Å². The van der Waals surface area contributed by atoms with E-state index in [9.17, 15) is 4.79 Å². The van der Waals surface area contributed by atoms with Crippen molar-refractivity contribution in [3.8, 4) is 0 Å². The molecule has 5 nitrogen and oxygen atoms in total. The quantitative estimate of drug-likeness (QED) is 0.603. The lowest BCUT2D eigenvalue weighted by Crippen LogP contribution is -1.94. The Balaban J connectivity index is 0.000000336. The normalized spacial score (nSPS) is 10.1. The van der Waals surface area contributed by atoms with Crippen molar-refractivity contribution < 1.29 is 22.9 Å². The largest absolute Gasteiger partial charge is 0.478 e. The molecule has 0 atom stereocenters. The number of aromatic carboxylic acids is 1. The van der Waals surface area contributed by atoms with Crippen LogP contribution < -0.4 is 0 Å². The van der Waals surface area contributed by atoms with Crippen LogP contribution >= 0.6 is 22.3 Å². The summed E-state index contributed by atoms with van der Waals surface area (Å²) in [6.45, 7) is 0. The zero-order valence-electron chi connectivity index (χ0n) is 7.09. The van der Waals surface area contributed by atoms with Gasteiger partial charge in [-0.15, -0.1) is 0 Å². The van der Waals surface area contributed by atoms with Gasteiger partial charge in [0.15, 0.2) is 0 Å². The van der Waals surface area contributed by atoms with Crippen LogP contribution in [0.1, 0.15) is 10.4 Å². The smallest absolute Gasteiger partial charge is 0.353 e. The van der Waals surface area contributed by atoms with E-state index in [1.165, 1.54) is 12.1 Å².